The fourth-order valence-corrected chi connectivity index (χ4v) is 2.17. The number of anilines is 1. The monoisotopic (exact) mass is 352 g/mol. The zero-order valence-electron chi connectivity index (χ0n) is 14.7. The van der Waals surface area contributed by atoms with Gasteiger partial charge in [-0.3, -0.25) is 14.4 Å². The molecule has 0 aliphatic rings. The molecule has 2 rings (SSSR count). The molecule has 0 aliphatic heterocycles. The van der Waals surface area contributed by atoms with Crippen LogP contribution in [0.5, 0.6) is 5.75 Å². The first-order valence-corrected chi connectivity index (χ1v) is 7.98. The van der Waals surface area contributed by atoms with E-state index in [1.807, 2.05) is 12.1 Å². The van der Waals surface area contributed by atoms with Crippen molar-refractivity contribution in [3.8, 4) is 5.75 Å². The number of ether oxygens (including phenoxy) is 1. The third-order valence-corrected chi connectivity index (χ3v) is 3.45. The maximum absolute atomic E-state index is 12.3. The van der Waals surface area contributed by atoms with Crippen LogP contribution in [-0.2, 0) is 16.1 Å². The van der Waals surface area contributed by atoms with Crippen molar-refractivity contribution in [2.75, 3.05) is 5.32 Å². The summed E-state index contributed by atoms with van der Waals surface area (Å²) < 4.78 is 4.98. The van der Waals surface area contributed by atoms with Gasteiger partial charge >= 0.3 is 5.97 Å². The van der Waals surface area contributed by atoms with Gasteiger partial charge in [0.25, 0.3) is 11.8 Å². The van der Waals surface area contributed by atoms with Gasteiger partial charge in [0, 0.05) is 30.3 Å². The largest absolute Gasteiger partial charge is 0.427 e. The molecular formula is C20H20N2O4. The molecule has 2 aromatic carbocycles. The number of benzene rings is 2. The summed E-state index contributed by atoms with van der Waals surface area (Å²) in [6.45, 7) is 6.75. The Labute approximate surface area is 151 Å². The van der Waals surface area contributed by atoms with Crippen molar-refractivity contribution >= 4 is 23.5 Å². The summed E-state index contributed by atoms with van der Waals surface area (Å²) in [5.41, 5.74) is 2.12. The summed E-state index contributed by atoms with van der Waals surface area (Å²) in [5.74, 6) is -0.748. The Bertz CT molecular complexity index is 858. The van der Waals surface area contributed by atoms with Crippen molar-refractivity contribution in [2.45, 2.75) is 20.4 Å². The molecule has 26 heavy (non-hydrogen) atoms. The minimum absolute atomic E-state index is 0.225. The minimum atomic E-state index is -0.454. The molecule has 0 saturated carbocycles. The second kappa shape index (κ2) is 8.62. The number of carbonyl (C=O) groups excluding carboxylic acids is 3. The average molecular weight is 352 g/mol. The van der Waals surface area contributed by atoms with Crippen LogP contribution < -0.4 is 15.4 Å². The topological polar surface area (TPSA) is 84.5 Å². The molecule has 0 saturated heterocycles. The number of esters is 1. The molecule has 134 valence electrons. The maximum atomic E-state index is 12.3. The van der Waals surface area contributed by atoms with Crippen molar-refractivity contribution in [3.05, 3.63) is 71.8 Å². The van der Waals surface area contributed by atoms with Crippen LogP contribution in [0.1, 0.15) is 29.8 Å². The van der Waals surface area contributed by atoms with E-state index in [2.05, 4.69) is 17.2 Å². The van der Waals surface area contributed by atoms with Gasteiger partial charge in [0.15, 0.2) is 0 Å². The molecule has 0 bridgehead atoms. The van der Waals surface area contributed by atoms with Crippen LogP contribution in [0.2, 0.25) is 0 Å². The molecule has 0 radical (unpaired) electrons. The first kappa shape index (κ1) is 18.9. The van der Waals surface area contributed by atoms with E-state index < -0.39 is 5.97 Å². The summed E-state index contributed by atoms with van der Waals surface area (Å²) in [5, 5.41) is 5.54. The average Bonchev–Trinajstić information content (AvgIpc) is 2.60. The molecule has 0 heterocycles. The molecule has 0 spiro atoms. The molecule has 0 unspecified atom stereocenters. The molecular weight excluding hydrogens is 332 g/mol. The number of carbonyl (C=O) groups is 3. The predicted molar refractivity (Wildman–Crippen MR) is 98.8 cm³/mol. The van der Waals surface area contributed by atoms with Gasteiger partial charge in [-0.15, -0.1) is 0 Å². The lowest BCUT2D eigenvalue weighted by Gasteiger charge is -2.12. The van der Waals surface area contributed by atoms with Crippen molar-refractivity contribution in [2.24, 2.45) is 0 Å². The highest BCUT2D eigenvalue weighted by Crippen LogP contribution is 2.17. The Morgan fingerprint density at radius 1 is 1.04 bits per heavy atom. The molecule has 2 amide bonds. The van der Waals surface area contributed by atoms with Crippen LogP contribution in [0.25, 0.3) is 0 Å². The third kappa shape index (κ3) is 5.31. The molecule has 0 atom stereocenters. The SMILES string of the molecule is C=C(C)C(=O)Nc1ccccc1CNC(=O)c1cccc(OC(C)=O)c1. The van der Waals surface area contributed by atoms with Crippen molar-refractivity contribution in [1.29, 1.82) is 0 Å². The van der Waals surface area contributed by atoms with E-state index >= 15 is 0 Å². The Kier molecular flexibility index (Phi) is 6.27. The van der Waals surface area contributed by atoms with E-state index in [1.165, 1.54) is 13.0 Å². The van der Waals surface area contributed by atoms with Crippen LogP contribution in [0.15, 0.2) is 60.7 Å². The quantitative estimate of drug-likeness (QED) is 0.475. The molecule has 0 aromatic heterocycles. The van der Waals surface area contributed by atoms with E-state index in [4.69, 9.17) is 4.74 Å². The Balaban J connectivity index is 2.07. The second-order valence-corrected chi connectivity index (χ2v) is 5.70. The molecule has 6 nitrogen and oxygen atoms in total. The van der Waals surface area contributed by atoms with Gasteiger partial charge in [0.2, 0.25) is 0 Å². The van der Waals surface area contributed by atoms with Crippen LogP contribution in [-0.4, -0.2) is 17.8 Å². The van der Waals surface area contributed by atoms with Crippen molar-refractivity contribution in [1.82, 2.24) is 5.32 Å². The zero-order chi connectivity index (χ0) is 19.1. The summed E-state index contributed by atoms with van der Waals surface area (Å²) in [6, 6.07) is 13.5. The Morgan fingerprint density at radius 2 is 1.77 bits per heavy atom. The minimum Gasteiger partial charge on any atom is -0.427 e. The smallest absolute Gasteiger partial charge is 0.308 e. The van der Waals surface area contributed by atoms with Crippen LogP contribution >= 0.6 is 0 Å². The number of nitrogens with one attached hydrogen (secondary N) is 2. The normalized spacial score (nSPS) is 9.92. The van der Waals surface area contributed by atoms with Gasteiger partial charge in [0.1, 0.15) is 5.75 Å². The Morgan fingerprint density at radius 3 is 2.46 bits per heavy atom. The number of hydrogen-bond acceptors (Lipinski definition) is 4. The van der Waals surface area contributed by atoms with Gasteiger partial charge in [-0.25, -0.2) is 0 Å². The van der Waals surface area contributed by atoms with Crippen LogP contribution in [0.3, 0.4) is 0 Å². The zero-order valence-corrected chi connectivity index (χ0v) is 14.7. The van der Waals surface area contributed by atoms with Gasteiger partial charge in [-0.05, 0) is 36.8 Å². The number of hydrogen-bond donors (Lipinski definition) is 2. The highest BCUT2D eigenvalue weighted by molar-refractivity contribution is 6.03. The van der Waals surface area contributed by atoms with Crippen molar-refractivity contribution < 1.29 is 19.1 Å². The fraction of sp³-hybridized carbons (Fsp3) is 0.150. The lowest BCUT2D eigenvalue weighted by atomic mass is 10.1. The highest BCUT2D eigenvalue weighted by Gasteiger charge is 2.10. The standard InChI is InChI=1S/C20H20N2O4/c1-13(2)19(24)22-18-10-5-4-7-16(18)12-21-20(25)15-8-6-9-17(11-15)26-14(3)23/h4-11H,1,12H2,2-3H3,(H,21,25)(H,22,24). The third-order valence-electron chi connectivity index (χ3n) is 3.45. The fourth-order valence-electron chi connectivity index (χ4n) is 2.17. The van der Waals surface area contributed by atoms with E-state index in [0.29, 0.717) is 22.6 Å². The van der Waals surface area contributed by atoms with Gasteiger partial charge in [0.05, 0.1) is 0 Å². The number of amides is 2. The number of para-hydroxylation sites is 1. The first-order chi connectivity index (χ1) is 12.4. The van der Waals surface area contributed by atoms with Crippen LogP contribution in [0.4, 0.5) is 5.69 Å². The van der Waals surface area contributed by atoms with Crippen molar-refractivity contribution in [3.63, 3.8) is 0 Å². The molecule has 2 aromatic rings. The first-order valence-electron chi connectivity index (χ1n) is 7.98. The molecule has 0 aliphatic carbocycles. The van der Waals surface area contributed by atoms with Gasteiger partial charge in [-0.1, -0.05) is 30.8 Å². The lowest BCUT2D eigenvalue weighted by molar-refractivity contribution is -0.131. The highest BCUT2D eigenvalue weighted by atomic mass is 16.5. The summed E-state index contributed by atoms with van der Waals surface area (Å²) in [7, 11) is 0. The van der Waals surface area contributed by atoms with Gasteiger partial charge in [-0.2, -0.15) is 0 Å². The summed E-state index contributed by atoms with van der Waals surface area (Å²) in [6.07, 6.45) is 0. The summed E-state index contributed by atoms with van der Waals surface area (Å²) >= 11 is 0. The Hall–Kier alpha value is -3.41. The molecule has 6 heteroatoms. The van der Waals surface area contributed by atoms with Crippen LogP contribution in [0, 0.1) is 0 Å². The van der Waals surface area contributed by atoms with E-state index in [9.17, 15) is 14.4 Å². The summed E-state index contributed by atoms with van der Waals surface area (Å²) in [4.78, 5) is 35.2. The van der Waals surface area contributed by atoms with E-state index in [-0.39, 0.29) is 18.4 Å². The van der Waals surface area contributed by atoms with E-state index in [0.717, 1.165) is 5.56 Å². The molecule has 2 N–H and O–H groups in total. The molecule has 0 fully saturated rings. The predicted octanol–water partition coefficient (Wildman–Crippen LogP) is 3.06. The van der Waals surface area contributed by atoms with E-state index in [1.54, 1.807) is 37.3 Å². The lowest BCUT2D eigenvalue weighted by Crippen LogP contribution is -2.24. The maximum Gasteiger partial charge on any atom is 0.308 e. The second-order valence-electron chi connectivity index (χ2n) is 5.70. The number of rotatable bonds is 6. The van der Waals surface area contributed by atoms with Gasteiger partial charge < -0.3 is 15.4 Å².